The van der Waals surface area contributed by atoms with Gasteiger partial charge in [0.05, 0.1) is 19.6 Å². The summed E-state index contributed by atoms with van der Waals surface area (Å²) in [7, 11) is 3.18. The number of rotatable bonds is 8. The first-order valence-corrected chi connectivity index (χ1v) is 10.7. The van der Waals surface area contributed by atoms with E-state index in [9.17, 15) is 9.59 Å². The summed E-state index contributed by atoms with van der Waals surface area (Å²) >= 11 is 1.51. The number of nitrogens with one attached hydrogen (secondary N) is 1. The summed E-state index contributed by atoms with van der Waals surface area (Å²) in [5.74, 6) is 1.84. The van der Waals surface area contributed by atoms with E-state index in [0.29, 0.717) is 42.2 Å². The number of amides is 1. The number of aromatic amines is 1. The van der Waals surface area contributed by atoms with E-state index in [-0.39, 0.29) is 17.9 Å². The van der Waals surface area contributed by atoms with Crippen molar-refractivity contribution in [3.63, 3.8) is 0 Å². The molecule has 2 heterocycles. The van der Waals surface area contributed by atoms with Crippen LogP contribution in [0.4, 0.5) is 0 Å². The van der Waals surface area contributed by atoms with Crippen molar-refractivity contribution in [1.29, 1.82) is 0 Å². The van der Waals surface area contributed by atoms with Crippen LogP contribution in [0.3, 0.4) is 0 Å². The zero-order valence-electron chi connectivity index (χ0n) is 18.0. The van der Waals surface area contributed by atoms with Crippen molar-refractivity contribution >= 4 is 27.5 Å². The van der Waals surface area contributed by atoms with E-state index in [1.54, 1.807) is 19.1 Å². The second-order valence-corrected chi connectivity index (χ2v) is 8.28. The summed E-state index contributed by atoms with van der Waals surface area (Å²) in [5.41, 5.74) is 1.79. The number of thiophene rings is 1. The Bertz CT molecular complexity index is 1120. The third-order valence-corrected chi connectivity index (χ3v) is 6.32. The zero-order chi connectivity index (χ0) is 21.8. The van der Waals surface area contributed by atoms with Crippen molar-refractivity contribution in [3.8, 4) is 11.5 Å². The smallest absolute Gasteiger partial charge is 0.259 e. The molecule has 160 valence electrons. The van der Waals surface area contributed by atoms with Crippen LogP contribution in [0, 0.1) is 13.8 Å². The number of nitrogens with zero attached hydrogens (tertiary/aromatic N) is 2. The van der Waals surface area contributed by atoms with Gasteiger partial charge >= 0.3 is 0 Å². The number of benzene rings is 1. The second kappa shape index (κ2) is 9.30. The molecule has 8 heteroatoms. The molecule has 2 aromatic heterocycles. The lowest BCUT2D eigenvalue weighted by Gasteiger charge is -2.21. The maximum atomic E-state index is 12.8. The molecule has 0 unspecified atom stereocenters. The second-order valence-electron chi connectivity index (χ2n) is 7.07. The third kappa shape index (κ3) is 4.48. The Balaban J connectivity index is 1.70. The quantitative estimate of drug-likeness (QED) is 0.591. The SMILES string of the molecule is CCN(Cc1ccc(OC)c(OC)c1)C(=O)CCc1nc2sc(C)c(C)c2c(=O)[nH]1. The molecule has 0 atom stereocenters. The molecule has 1 aromatic carbocycles. The summed E-state index contributed by atoms with van der Waals surface area (Å²) in [5, 5.41) is 0.649. The molecule has 0 saturated heterocycles. The molecule has 0 aliphatic carbocycles. The van der Waals surface area contributed by atoms with Crippen molar-refractivity contribution < 1.29 is 14.3 Å². The Labute approximate surface area is 179 Å². The lowest BCUT2D eigenvalue weighted by atomic mass is 10.1. The summed E-state index contributed by atoms with van der Waals surface area (Å²) in [6.45, 7) is 6.92. The van der Waals surface area contributed by atoms with Crippen LogP contribution in [0.2, 0.25) is 0 Å². The first kappa shape index (κ1) is 21.8. The highest BCUT2D eigenvalue weighted by molar-refractivity contribution is 7.18. The highest BCUT2D eigenvalue weighted by Crippen LogP contribution is 2.28. The molecule has 0 aliphatic heterocycles. The number of ether oxygens (including phenoxy) is 2. The Morgan fingerprint density at radius 2 is 1.93 bits per heavy atom. The molecule has 30 heavy (non-hydrogen) atoms. The number of methoxy groups -OCH3 is 2. The predicted molar refractivity (Wildman–Crippen MR) is 119 cm³/mol. The number of hydrogen-bond donors (Lipinski definition) is 1. The van der Waals surface area contributed by atoms with E-state index in [1.807, 2.05) is 39.0 Å². The van der Waals surface area contributed by atoms with Gasteiger partial charge in [0, 0.05) is 30.8 Å². The van der Waals surface area contributed by atoms with Crippen molar-refractivity contribution in [2.24, 2.45) is 0 Å². The van der Waals surface area contributed by atoms with Crippen LogP contribution in [0.15, 0.2) is 23.0 Å². The van der Waals surface area contributed by atoms with Crippen LogP contribution < -0.4 is 15.0 Å². The van der Waals surface area contributed by atoms with E-state index < -0.39 is 0 Å². The minimum Gasteiger partial charge on any atom is -0.493 e. The first-order valence-electron chi connectivity index (χ1n) is 9.85. The van der Waals surface area contributed by atoms with E-state index >= 15 is 0 Å². The first-order chi connectivity index (χ1) is 14.4. The van der Waals surface area contributed by atoms with Crippen molar-refractivity contribution in [2.75, 3.05) is 20.8 Å². The molecular weight excluding hydrogens is 402 g/mol. The number of carbonyl (C=O) groups excluding carboxylic acids is 1. The molecule has 1 N–H and O–H groups in total. The molecule has 3 rings (SSSR count). The summed E-state index contributed by atoms with van der Waals surface area (Å²) in [6.07, 6.45) is 0.668. The number of fused-ring (bicyclic) bond motifs is 1. The third-order valence-electron chi connectivity index (χ3n) is 5.22. The fraction of sp³-hybridized carbons (Fsp3) is 0.409. The van der Waals surface area contributed by atoms with Gasteiger partial charge < -0.3 is 19.4 Å². The molecule has 0 radical (unpaired) electrons. The highest BCUT2D eigenvalue weighted by atomic mass is 32.1. The Hall–Kier alpha value is -2.87. The van der Waals surface area contributed by atoms with Crippen LogP contribution >= 0.6 is 11.3 Å². The predicted octanol–water partition coefficient (Wildman–Crippen LogP) is 3.60. The molecule has 0 bridgehead atoms. The largest absolute Gasteiger partial charge is 0.493 e. The van der Waals surface area contributed by atoms with Gasteiger partial charge in [0.1, 0.15) is 10.7 Å². The Kier molecular flexibility index (Phi) is 6.77. The maximum Gasteiger partial charge on any atom is 0.259 e. The van der Waals surface area contributed by atoms with Gasteiger partial charge in [0.2, 0.25) is 5.91 Å². The van der Waals surface area contributed by atoms with Crippen LogP contribution in [0.5, 0.6) is 11.5 Å². The number of aromatic nitrogens is 2. The molecule has 0 spiro atoms. The number of H-pyrrole nitrogens is 1. The molecule has 7 nitrogen and oxygen atoms in total. The summed E-state index contributed by atoms with van der Waals surface area (Å²) in [6, 6.07) is 5.64. The highest BCUT2D eigenvalue weighted by Gasteiger charge is 2.16. The lowest BCUT2D eigenvalue weighted by molar-refractivity contribution is -0.131. The molecule has 0 saturated carbocycles. The average molecular weight is 430 g/mol. The maximum absolute atomic E-state index is 12.8. The molecule has 0 aliphatic rings. The monoisotopic (exact) mass is 429 g/mol. The van der Waals surface area contributed by atoms with Crippen molar-refractivity contribution in [3.05, 3.63) is 50.4 Å². The normalized spacial score (nSPS) is 11.0. The van der Waals surface area contributed by atoms with Gasteiger partial charge in [-0.3, -0.25) is 9.59 Å². The molecule has 1 amide bonds. The fourth-order valence-corrected chi connectivity index (χ4v) is 4.43. The van der Waals surface area contributed by atoms with E-state index in [4.69, 9.17) is 9.47 Å². The van der Waals surface area contributed by atoms with Gasteiger partial charge in [0.25, 0.3) is 5.56 Å². The molecular formula is C22H27N3O4S. The topological polar surface area (TPSA) is 84.5 Å². The number of carbonyl (C=O) groups is 1. The van der Waals surface area contributed by atoms with Gasteiger partial charge in [-0.2, -0.15) is 0 Å². The molecule has 3 aromatic rings. The fourth-order valence-electron chi connectivity index (χ4n) is 3.38. The van der Waals surface area contributed by atoms with Gasteiger partial charge in [-0.25, -0.2) is 4.98 Å². The summed E-state index contributed by atoms with van der Waals surface area (Å²) < 4.78 is 10.6. The Morgan fingerprint density at radius 1 is 1.20 bits per heavy atom. The van der Waals surface area contributed by atoms with Crippen molar-refractivity contribution in [1.82, 2.24) is 14.9 Å². The van der Waals surface area contributed by atoms with Crippen LogP contribution in [-0.2, 0) is 17.8 Å². The minimum absolute atomic E-state index is 0.00794. The van der Waals surface area contributed by atoms with Gasteiger partial charge in [-0.05, 0) is 44.0 Å². The zero-order valence-corrected chi connectivity index (χ0v) is 18.8. The van der Waals surface area contributed by atoms with Crippen LogP contribution in [0.25, 0.3) is 10.2 Å². The van der Waals surface area contributed by atoms with E-state index in [0.717, 1.165) is 20.8 Å². The lowest BCUT2D eigenvalue weighted by Crippen LogP contribution is -2.30. The summed E-state index contributed by atoms with van der Waals surface area (Å²) in [4.78, 5) is 36.2. The van der Waals surface area contributed by atoms with Crippen LogP contribution in [0.1, 0.15) is 35.2 Å². The van der Waals surface area contributed by atoms with E-state index in [2.05, 4.69) is 9.97 Å². The minimum atomic E-state index is -0.137. The van der Waals surface area contributed by atoms with Gasteiger partial charge in [-0.15, -0.1) is 11.3 Å². The average Bonchev–Trinajstić information content (AvgIpc) is 3.03. The Morgan fingerprint density at radius 3 is 2.60 bits per heavy atom. The van der Waals surface area contributed by atoms with Crippen LogP contribution in [-0.4, -0.2) is 41.5 Å². The number of aryl methyl sites for hydroxylation is 3. The standard InChI is InChI=1S/C22H27N3O4S/c1-6-25(12-15-7-8-16(28-4)17(11-15)29-5)19(26)10-9-18-23-21(27)20-13(2)14(3)30-22(20)24-18/h7-8,11H,6,9-10,12H2,1-5H3,(H,23,24,27). The molecule has 0 fully saturated rings. The van der Waals surface area contributed by atoms with E-state index in [1.165, 1.54) is 11.3 Å². The van der Waals surface area contributed by atoms with Gasteiger partial charge in [0.15, 0.2) is 11.5 Å². The van der Waals surface area contributed by atoms with Gasteiger partial charge in [-0.1, -0.05) is 6.07 Å². The van der Waals surface area contributed by atoms with Crippen molar-refractivity contribution in [2.45, 2.75) is 40.2 Å². The number of hydrogen-bond acceptors (Lipinski definition) is 6.